The Hall–Kier alpha value is -1.21. The van der Waals surface area contributed by atoms with E-state index in [1.54, 1.807) is 0 Å². The molecule has 1 heterocycles. The Morgan fingerprint density at radius 3 is 2.69 bits per heavy atom. The summed E-state index contributed by atoms with van der Waals surface area (Å²) < 4.78 is 0.171. The van der Waals surface area contributed by atoms with Crippen LogP contribution in [0.4, 0.5) is 0 Å². The number of halogens is 1. The number of carbonyl (C=O) groups is 2. The van der Waals surface area contributed by atoms with Crippen molar-refractivity contribution in [1.82, 2.24) is 15.5 Å². The Bertz CT molecular complexity index is 339. The fourth-order valence-corrected chi connectivity index (χ4v) is 1.28. The van der Waals surface area contributed by atoms with Gasteiger partial charge in [-0.15, -0.1) is 10.2 Å². The molecule has 1 aromatic rings. The zero-order valence-corrected chi connectivity index (χ0v) is 7.85. The first kappa shape index (κ1) is 9.87. The monoisotopic (exact) mass is 220 g/mol. The fraction of sp³-hybridized carbons (Fsp3) is 0.200. The zero-order chi connectivity index (χ0) is 9.84. The first-order valence-electron chi connectivity index (χ1n) is 3.15. The van der Waals surface area contributed by atoms with Crippen LogP contribution in [-0.4, -0.2) is 28.6 Å². The highest BCUT2D eigenvalue weighted by Crippen LogP contribution is 2.14. The second-order valence-electron chi connectivity index (χ2n) is 2.01. The standard InChI is InChI=1S/C5H5ClN4O2S/c6-5-10-9-4(13-5)3(12)8-1-2(7)11/h1H2,(H2,7,11)(H,8,12). The molecule has 0 radical (unpaired) electrons. The number of aromatic nitrogens is 2. The van der Waals surface area contributed by atoms with Gasteiger partial charge in [0.1, 0.15) is 0 Å². The maximum Gasteiger partial charge on any atom is 0.282 e. The second-order valence-corrected chi connectivity index (χ2v) is 3.57. The first-order chi connectivity index (χ1) is 6.09. The van der Waals surface area contributed by atoms with E-state index in [1.807, 2.05) is 0 Å². The maximum absolute atomic E-state index is 11.1. The third kappa shape index (κ3) is 2.96. The average Bonchev–Trinajstić information content (AvgIpc) is 2.47. The number of nitrogens with zero attached hydrogens (tertiary/aromatic N) is 2. The summed E-state index contributed by atoms with van der Waals surface area (Å²) in [5.74, 6) is -1.13. The third-order valence-corrected chi connectivity index (χ3v) is 2.04. The molecule has 0 unspecified atom stereocenters. The smallest absolute Gasteiger partial charge is 0.282 e. The molecule has 0 aliphatic heterocycles. The van der Waals surface area contributed by atoms with Crippen molar-refractivity contribution in [2.75, 3.05) is 6.54 Å². The lowest BCUT2D eigenvalue weighted by atomic mass is 10.5. The van der Waals surface area contributed by atoms with Crippen molar-refractivity contribution in [3.63, 3.8) is 0 Å². The van der Waals surface area contributed by atoms with Crippen molar-refractivity contribution >= 4 is 34.8 Å². The van der Waals surface area contributed by atoms with Crippen LogP contribution in [0.25, 0.3) is 0 Å². The predicted octanol–water partition coefficient (Wildman–Crippen LogP) is -0.593. The van der Waals surface area contributed by atoms with E-state index in [-0.39, 0.29) is 16.0 Å². The Morgan fingerprint density at radius 1 is 1.54 bits per heavy atom. The highest BCUT2D eigenvalue weighted by atomic mass is 35.5. The van der Waals surface area contributed by atoms with Gasteiger partial charge in [-0.2, -0.15) is 0 Å². The summed E-state index contributed by atoms with van der Waals surface area (Å²) in [6.45, 7) is -0.226. The minimum absolute atomic E-state index is 0.103. The number of amides is 2. The van der Waals surface area contributed by atoms with Crippen LogP contribution in [0.15, 0.2) is 0 Å². The molecule has 3 N–H and O–H groups in total. The first-order valence-corrected chi connectivity index (χ1v) is 4.34. The van der Waals surface area contributed by atoms with Crippen LogP contribution in [0.1, 0.15) is 9.80 Å². The van der Waals surface area contributed by atoms with Crippen LogP contribution in [0, 0.1) is 0 Å². The molecule has 0 aliphatic carbocycles. The number of hydrogen-bond acceptors (Lipinski definition) is 5. The minimum atomic E-state index is -0.621. The summed E-state index contributed by atoms with van der Waals surface area (Å²) in [7, 11) is 0. The van der Waals surface area contributed by atoms with Crippen LogP contribution in [0.2, 0.25) is 4.47 Å². The normalized spacial score (nSPS) is 9.62. The molecule has 0 aromatic carbocycles. The van der Waals surface area contributed by atoms with Crippen LogP contribution in [0.3, 0.4) is 0 Å². The number of rotatable bonds is 3. The molecule has 13 heavy (non-hydrogen) atoms. The molecular formula is C5H5ClN4O2S. The van der Waals surface area contributed by atoms with E-state index in [4.69, 9.17) is 17.3 Å². The molecule has 1 rings (SSSR count). The highest BCUT2D eigenvalue weighted by molar-refractivity contribution is 7.17. The number of primary amides is 1. The van der Waals surface area contributed by atoms with Gasteiger partial charge in [0.2, 0.25) is 15.4 Å². The van der Waals surface area contributed by atoms with Gasteiger partial charge in [-0.25, -0.2) is 0 Å². The van der Waals surface area contributed by atoms with Gasteiger partial charge in [0.05, 0.1) is 6.54 Å². The molecule has 0 aliphatic rings. The molecule has 0 saturated carbocycles. The summed E-state index contributed by atoms with van der Waals surface area (Å²) in [6, 6.07) is 0. The van der Waals surface area contributed by atoms with E-state index >= 15 is 0 Å². The molecule has 0 spiro atoms. The van der Waals surface area contributed by atoms with Gasteiger partial charge < -0.3 is 11.1 Å². The van der Waals surface area contributed by atoms with Gasteiger partial charge in [0.15, 0.2) is 0 Å². The predicted molar refractivity (Wildman–Crippen MR) is 46.4 cm³/mol. The quantitative estimate of drug-likeness (QED) is 0.711. The molecule has 6 nitrogen and oxygen atoms in total. The number of carbonyl (C=O) groups excluding carboxylic acids is 2. The second kappa shape index (κ2) is 4.15. The van der Waals surface area contributed by atoms with Gasteiger partial charge in [0.25, 0.3) is 5.91 Å². The summed E-state index contributed by atoms with van der Waals surface area (Å²) in [6.07, 6.45) is 0. The minimum Gasteiger partial charge on any atom is -0.368 e. The third-order valence-electron chi connectivity index (χ3n) is 1.02. The molecule has 0 atom stereocenters. The van der Waals surface area contributed by atoms with Crippen LogP contribution in [-0.2, 0) is 4.79 Å². The Morgan fingerprint density at radius 2 is 2.23 bits per heavy atom. The van der Waals surface area contributed by atoms with E-state index in [1.165, 1.54) is 0 Å². The number of nitrogens with two attached hydrogens (primary N) is 1. The Labute approximate surface area is 82.1 Å². The van der Waals surface area contributed by atoms with E-state index in [0.717, 1.165) is 11.3 Å². The van der Waals surface area contributed by atoms with E-state index in [2.05, 4.69) is 15.5 Å². The topological polar surface area (TPSA) is 98.0 Å². The van der Waals surface area contributed by atoms with Crippen molar-refractivity contribution in [1.29, 1.82) is 0 Å². The van der Waals surface area contributed by atoms with Crippen LogP contribution in [0.5, 0.6) is 0 Å². The van der Waals surface area contributed by atoms with Gasteiger partial charge in [-0.05, 0) is 11.6 Å². The van der Waals surface area contributed by atoms with Gasteiger partial charge in [-0.3, -0.25) is 9.59 Å². The van der Waals surface area contributed by atoms with E-state index in [9.17, 15) is 9.59 Å². The van der Waals surface area contributed by atoms with Crippen molar-refractivity contribution < 1.29 is 9.59 Å². The van der Waals surface area contributed by atoms with E-state index < -0.39 is 11.8 Å². The van der Waals surface area contributed by atoms with Crippen LogP contribution < -0.4 is 11.1 Å². The summed E-state index contributed by atoms with van der Waals surface area (Å²) >= 11 is 6.37. The van der Waals surface area contributed by atoms with Gasteiger partial charge >= 0.3 is 0 Å². The van der Waals surface area contributed by atoms with E-state index in [0.29, 0.717) is 0 Å². The summed E-state index contributed by atoms with van der Waals surface area (Å²) in [5.41, 5.74) is 4.81. The molecule has 2 amide bonds. The lowest BCUT2D eigenvalue weighted by Gasteiger charge is -1.96. The van der Waals surface area contributed by atoms with Crippen molar-refractivity contribution in [2.45, 2.75) is 0 Å². The average molecular weight is 221 g/mol. The molecule has 0 fully saturated rings. The number of hydrogen-bond donors (Lipinski definition) is 2. The van der Waals surface area contributed by atoms with Gasteiger partial charge in [-0.1, -0.05) is 11.3 Å². The SMILES string of the molecule is NC(=O)CNC(=O)c1nnc(Cl)s1. The van der Waals surface area contributed by atoms with Crippen molar-refractivity contribution in [3.05, 3.63) is 9.47 Å². The highest BCUT2D eigenvalue weighted by Gasteiger charge is 2.11. The van der Waals surface area contributed by atoms with Crippen molar-refractivity contribution in [2.24, 2.45) is 5.73 Å². The Kier molecular flexibility index (Phi) is 3.15. The molecule has 0 bridgehead atoms. The number of nitrogens with one attached hydrogen (secondary N) is 1. The fourth-order valence-electron chi connectivity index (χ4n) is 0.540. The molecule has 0 saturated heterocycles. The summed E-state index contributed by atoms with van der Waals surface area (Å²) in [5, 5.41) is 9.24. The Balaban J connectivity index is 2.54. The molecule has 8 heteroatoms. The largest absolute Gasteiger partial charge is 0.368 e. The lowest BCUT2D eigenvalue weighted by Crippen LogP contribution is -2.33. The lowest BCUT2D eigenvalue weighted by molar-refractivity contribution is -0.117. The molecule has 1 aromatic heterocycles. The van der Waals surface area contributed by atoms with Crippen LogP contribution >= 0.6 is 22.9 Å². The maximum atomic E-state index is 11.1. The molecular weight excluding hydrogens is 216 g/mol. The summed E-state index contributed by atoms with van der Waals surface area (Å²) in [4.78, 5) is 21.4. The van der Waals surface area contributed by atoms with Gasteiger partial charge in [0, 0.05) is 0 Å². The zero-order valence-electron chi connectivity index (χ0n) is 6.28. The van der Waals surface area contributed by atoms with Crippen molar-refractivity contribution in [3.8, 4) is 0 Å². The molecule has 70 valence electrons.